The summed E-state index contributed by atoms with van der Waals surface area (Å²) in [5.74, 6) is 0.592. The number of carbonyl (C=O) groups is 2. The first-order valence-electron chi connectivity index (χ1n) is 10.1. The molecule has 7 heteroatoms. The lowest BCUT2D eigenvalue weighted by molar-refractivity contribution is -0.148. The molecule has 1 heterocycles. The molecule has 1 N–H and O–H groups in total. The van der Waals surface area contributed by atoms with Crippen molar-refractivity contribution in [1.82, 2.24) is 4.98 Å². The number of nitrogens with zero attached hydrogens (tertiary/aromatic N) is 1. The number of anilines is 1. The largest absolute Gasteiger partial charge is 0.493 e. The molecular weight excluding hydrogens is 388 g/mol. The Morgan fingerprint density at radius 1 is 1.28 bits per heavy atom. The molecule has 0 bridgehead atoms. The SMILES string of the molecule is CCOC(=O)C1CCc2nc(NC(=O)CCCOc3c(C)cccc3C)sc2C1. The predicted molar refractivity (Wildman–Crippen MR) is 114 cm³/mol. The van der Waals surface area contributed by atoms with Crippen molar-refractivity contribution < 1.29 is 19.1 Å². The molecule has 0 saturated carbocycles. The molecule has 0 radical (unpaired) electrons. The molecule has 6 nitrogen and oxygen atoms in total. The summed E-state index contributed by atoms with van der Waals surface area (Å²) in [6.45, 7) is 6.76. The van der Waals surface area contributed by atoms with Crippen molar-refractivity contribution in [3.8, 4) is 5.75 Å². The number of aromatic nitrogens is 1. The van der Waals surface area contributed by atoms with E-state index in [0.717, 1.165) is 40.3 Å². The highest BCUT2D eigenvalue weighted by Crippen LogP contribution is 2.33. The standard InChI is InChI=1S/C22H28N2O4S/c1-4-27-21(26)16-10-11-17-18(13-16)29-22(23-17)24-19(25)9-6-12-28-20-14(2)7-5-8-15(20)3/h5,7-8,16H,4,6,9-13H2,1-3H3,(H,23,24,25). The van der Waals surface area contributed by atoms with E-state index >= 15 is 0 Å². The zero-order valence-electron chi connectivity index (χ0n) is 17.2. The number of aryl methyl sites for hydroxylation is 3. The maximum absolute atomic E-state index is 12.3. The first-order chi connectivity index (χ1) is 14.0. The molecule has 1 aliphatic rings. The van der Waals surface area contributed by atoms with Gasteiger partial charge in [0.05, 0.1) is 24.8 Å². The summed E-state index contributed by atoms with van der Waals surface area (Å²) >= 11 is 1.46. The monoisotopic (exact) mass is 416 g/mol. The minimum absolute atomic E-state index is 0.0665. The van der Waals surface area contributed by atoms with E-state index in [1.165, 1.54) is 11.3 Å². The maximum atomic E-state index is 12.3. The number of rotatable bonds is 8. The summed E-state index contributed by atoms with van der Waals surface area (Å²) in [4.78, 5) is 29.8. The Balaban J connectivity index is 1.45. The van der Waals surface area contributed by atoms with Crippen molar-refractivity contribution in [2.75, 3.05) is 18.5 Å². The van der Waals surface area contributed by atoms with Crippen molar-refractivity contribution in [2.24, 2.45) is 5.92 Å². The van der Waals surface area contributed by atoms with Gasteiger partial charge in [-0.3, -0.25) is 9.59 Å². The molecular formula is C22H28N2O4S. The molecule has 1 unspecified atom stereocenters. The van der Waals surface area contributed by atoms with E-state index in [1.807, 2.05) is 39.0 Å². The van der Waals surface area contributed by atoms with Crippen LogP contribution in [0.5, 0.6) is 5.75 Å². The molecule has 156 valence electrons. The molecule has 0 aliphatic heterocycles. The minimum Gasteiger partial charge on any atom is -0.493 e. The smallest absolute Gasteiger partial charge is 0.309 e. The highest BCUT2D eigenvalue weighted by molar-refractivity contribution is 7.15. The third kappa shape index (κ3) is 5.56. The van der Waals surface area contributed by atoms with Gasteiger partial charge in [-0.1, -0.05) is 18.2 Å². The van der Waals surface area contributed by atoms with E-state index in [9.17, 15) is 9.59 Å². The number of esters is 1. The average molecular weight is 417 g/mol. The minimum atomic E-state index is -0.138. The van der Waals surface area contributed by atoms with Gasteiger partial charge in [0.2, 0.25) is 5.91 Å². The molecule has 0 fully saturated rings. The molecule has 1 aromatic carbocycles. The van der Waals surface area contributed by atoms with Crippen molar-refractivity contribution in [1.29, 1.82) is 0 Å². The van der Waals surface area contributed by atoms with Gasteiger partial charge < -0.3 is 14.8 Å². The van der Waals surface area contributed by atoms with Crippen LogP contribution in [0.15, 0.2) is 18.2 Å². The van der Waals surface area contributed by atoms with E-state index in [4.69, 9.17) is 9.47 Å². The van der Waals surface area contributed by atoms with Crippen LogP contribution in [-0.4, -0.2) is 30.1 Å². The summed E-state index contributed by atoms with van der Waals surface area (Å²) < 4.78 is 11.0. The topological polar surface area (TPSA) is 77.5 Å². The van der Waals surface area contributed by atoms with Gasteiger partial charge >= 0.3 is 5.97 Å². The Hall–Kier alpha value is -2.41. The molecule has 1 amide bonds. The number of thiazole rings is 1. The van der Waals surface area contributed by atoms with Crippen molar-refractivity contribution >= 4 is 28.3 Å². The van der Waals surface area contributed by atoms with Crippen LogP contribution in [0.4, 0.5) is 5.13 Å². The van der Waals surface area contributed by atoms with E-state index in [-0.39, 0.29) is 17.8 Å². The van der Waals surface area contributed by atoms with Gasteiger partial charge in [0.15, 0.2) is 5.13 Å². The zero-order chi connectivity index (χ0) is 20.8. The summed E-state index contributed by atoms with van der Waals surface area (Å²) in [5, 5.41) is 3.50. The van der Waals surface area contributed by atoms with Gasteiger partial charge in [-0.25, -0.2) is 4.98 Å². The predicted octanol–water partition coefficient (Wildman–Crippen LogP) is 4.23. The van der Waals surface area contributed by atoms with Crippen LogP contribution in [-0.2, 0) is 27.2 Å². The van der Waals surface area contributed by atoms with Crippen LogP contribution in [0, 0.1) is 19.8 Å². The quantitative estimate of drug-likeness (QED) is 0.515. The van der Waals surface area contributed by atoms with E-state index in [2.05, 4.69) is 10.3 Å². The first-order valence-corrected chi connectivity index (χ1v) is 10.9. The van der Waals surface area contributed by atoms with Crippen LogP contribution >= 0.6 is 11.3 Å². The lowest BCUT2D eigenvalue weighted by Gasteiger charge is -2.18. The second kappa shape index (κ2) is 9.87. The molecule has 3 rings (SSSR count). The number of nitrogens with one attached hydrogen (secondary N) is 1. The van der Waals surface area contributed by atoms with Crippen LogP contribution in [0.1, 0.15) is 47.9 Å². The van der Waals surface area contributed by atoms with Gasteiger partial charge in [-0.2, -0.15) is 0 Å². The van der Waals surface area contributed by atoms with Gasteiger partial charge in [-0.05, 0) is 57.6 Å². The number of hydrogen-bond donors (Lipinski definition) is 1. The number of para-hydroxylation sites is 1. The number of hydrogen-bond acceptors (Lipinski definition) is 6. The summed E-state index contributed by atoms with van der Waals surface area (Å²) in [5.41, 5.74) is 3.19. The number of benzene rings is 1. The molecule has 0 saturated heterocycles. The van der Waals surface area contributed by atoms with Gasteiger partial charge in [0.25, 0.3) is 0 Å². The molecule has 1 atom stereocenters. The Morgan fingerprint density at radius 3 is 2.76 bits per heavy atom. The fourth-order valence-electron chi connectivity index (χ4n) is 3.51. The highest BCUT2D eigenvalue weighted by atomic mass is 32.1. The Labute approximate surface area is 175 Å². The van der Waals surface area contributed by atoms with Crippen LogP contribution in [0.3, 0.4) is 0 Å². The molecule has 0 spiro atoms. The Bertz CT molecular complexity index is 857. The Morgan fingerprint density at radius 2 is 2.03 bits per heavy atom. The highest BCUT2D eigenvalue weighted by Gasteiger charge is 2.28. The number of fused-ring (bicyclic) bond motifs is 1. The van der Waals surface area contributed by atoms with Crippen LogP contribution < -0.4 is 10.1 Å². The van der Waals surface area contributed by atoms with Crippen molar-refractivity contribution in [3.05, 3.63) is 39.9 Å². The molecule has 29 heavy (non-hydrogen) atoms. The second-order valence-electron chi connectivity index (χ2n) is 7.30. The fraction of sp³-hybridized carbons (Fsp3) is 0.500. The van der Waals surface area contributed by atoms with Crippen molar-refractivity contribution in [3.63, 3.8) is 0 Å². The van der Waals surface area contributed by atoms with E-state index < -0.39 is 0 Å². The van der Waals surface area contributed by atoms with Crippen LogP contribution in [0.2, 0.25) is 0 Å². The number of amides is 1. The summed E-state index contributed by atoms with van der Waals surface area (Å²) in [7, 11) is 0. The van der Waals surface area contributed by atoms with Gasteiger partial charge in [0.1, 0.15) is 5.75 Å². The third-order valence-corrected chi connectivity index (χ3v) is 6.04. The van der Waals surface area contributed by atoms with Gasteiger partial charge in [-0.15, -0.1) is 11.3 Å². The van der Waals surface area contributed by atoms with Gasteiger partial charge in [0, 0.05) is 11.3 Å². The lowest BCUT2D eigenvalue weighted by Crippen LogP contribution is -2.24. The molecule has 1 aromatic heterocycles. The summed E-state index contributed by atoms with van der Waals surface area (Å²) in [6, 6.07) is 6.05. The first kappa shape index (κ1) is 21.3. The zero-order valence-corrected chi connectivity index (χ0v) is 18.1. The maximum Gasteiger partial charge on any atom is 0.309 e. The molecule has 2 aromatic rings. The number of carbonyl (C=O) groups excluding carboxylic acids is 2. The van der Waals surface area contributed by atoms with E-state index in [0.29, 0.717) is 37.6 Å². The van der Waals surface area contributed by atoms with E-state index in [1.54, 1.807) is 0 Å². The third-order valence-electron chi connectivity index (χ3n) is 5.01. The lowest BCUT2D eigenvalue weighted by atomic mass is 9.91. The second-order valence-corrected chi connectivity index (χ2v) is 8.39. The average Bonchev–Trinajstić information content (AvgIpc) is 3.08. The normalized spacial score (nSPS) is 15.5. The van der Waals surface area contributed by atoms with Crippen LogP contribution in [0.25, 0.3) is 0 Å². The fourth-order valence-corrected chi connectivity index (χ4v) is 4.61. The number of ether oxygens (including phenoxy) is 2. The van der Waals surface area contributed by atoms with Crippen molar-refractivity contribution in [2.45, 2.75) is 52.9 Å². The Kier molecular flexibility index (Phi) is 7.25. The molecule has 1 aliphatic carbocycles. The summed E-state index contributed by atoms with van der Waals surface area (Å²) in [6.07, 6.45) is 3.15.